The molecule has 2 N–H and O–H groups in total. The van der Waals surface area contributed by atoms with Crippen molar-refractivity contribution >= 4 is 23.0 Å². The number of hydrogen-bond donors (Lipinski definition) is 2. The molecule has 0 spiro atoms. The van der Waals surface area contributed by atoms with E-state index in [2.05, 4.69) is 20.6 Å². The fourth-order valence-electron chi connectivity index (χ4n) is 3.41. The summed E-state index contributed by atoms with van der Waals surface area (Å²) in [6, 6.07) is 5.34. The lowest BCUT2D eigenvalue weighted by Gasteiger charge is -2.18. The molecule has 0 saturated heterocycles. The largest absolute Gasteiger partial charge is 0.497 e. The lowest BCUT2D eigenvalue weighted by molar-refractivity contribution is -0.383. The van der Waals surface area contributed by atoms with Gasteiger partial charge in [-0.1, -0.05) is 25.7 Å². The van der Waals surface area contributed by atoms with Crippen molar-refractivity contribution < 1.29 is 14.4 Å². The van der Waals surface area contributed by atoms with Gasteiger partial charge in [0.15, 0.2) is 0 Å². The summed E-state index contributed by atoms with van der Waals surface area (Å²) in [5, 5.41) is 18.1. The highest BCUT2D eigenvalue weighted by Gasteiger charge is 2.26. The van der Waals surface area contributed by atoms with Gasteiger partial charge in [0.25, 0.3) is 0 Å². The van der Waals surface area contributed by atoms with Gasteiger partial charge in [-0.3, -0.25) is 10.1 Å². The Bertz CT molecular complexity index is 822. The van der Waals surface area contributed by atoms with E-state index in [1.165, 1.54) is 26.3 Å². The molecular formula is C19H25N5O4. The van der Waals surface area contributed by atoms with Gasteiger partial charge in [0, 0.05) is 12.1 Å². The Hall–Kier alpha value is -3.10. The Labute approximate surface area is 163 Å². The van der Waals surface area contributed by atoms with E-state index in [4.69, 9.17) is 9.47 Å². The number of nitro groups is 1. The number of nitrogens with one attached hydrogen (secondary N) is 2. The minimum absolute atomic E-state index is 0.0997. The van der Waals surface area contributed by atoms with E-state index in [0.717, 1.165) is 25.7 Å². The molecule has 9 nitrogen and oxygen atoms in total. The van der Waals surface area contributed by atoms with Crippen molar-refractivity contribution in [1.29, 1.82) is 0 Å². The number of nitrogens with zero attached hydrogens (tertiary/aromatic N) is 3. The number of anilines is 3. The summed E-state index contributed by atoms with van der Waals surface area (Å²) in [5.74, 6) is 1.45. The van der Waals surface area contributed by atoms with Gasteiger partial charge in [-0.15, -0.1) is 0 Å². The molecule has 0 unspecified atom stereocenters. The van der Waals surface area contributed by atoms with E-state index < -0.39 is 4.92 Å². The van der Waals surface area contributed by atoms with E-state index in [-0.39, 0.29) is 23.4 Å². The van der Waals surface area contributed by atoms with Crippen LogP contribution in [0.15, 0.2) is 24.5 Å². The van der Waals surface area contributed by atoms with Crippen LogP contribution < -0.4 is 20.1 Å². The Morgan fingerprint density at radius 2 is 1.79 bits per heavy atom. The zero-order valence-corrected chi connectivity index (χ0v) is 16.1. The quantitative estimate of drug-likeness (QED) is 0.411. The van der Waals surface area contributed by atoms with Crippen LogP contribution in [0.3, 0.4) is 0 Å². The number of benzene rings is 1. The molecule has 28 heavy (non-hydrogen) atoms. The standard InChI is InChI=1S/C19H25N5O4/c1-27-14-9-10-16(28-2)15(11-14)23-19-17(24(25)26)18(20-12-21-19)22-13-7-5-3-4-6-8-13/h9-13H,3-8H2,1-2H3,(H2,20,21,22,23). The summed E-state index contributed by atoms with van der Waals surface area (Å²) in [7, 11) is 3.08. The maximum Gasteiger partial charge on any atom is 0.353 e. The van der Waals surface area contributed by atoms with Crippen LogP contribution in [0, 0.1) is 10.1 Å². The number of ether oxygens (including phenoxy) is 2. The number of aromatic nitrogens is 2. The smallest absolute Gasteiger partial charge is 0.353 e. The molecule has 3 rings (SSSR count). The van der Waals surface area contributed by atoms with Crippen LogP contribution in [0.2, 0.25) is 0 Å². The molecule has 1 aliphatic rings. The van der Waals surface area contributed by atoms with Crippen LogP contribution >= 0.6 is 0 Å². The monoisotopic (exact) mass is 387 g/mol. The molecule has 1 saturated carbocycles. The molecule has 0 bridgehead atoms. The molecule has 1 heterocycles. The minimum Gasteiger partial charge on any atom is -0.497 e. The van der Waals surface area contributed by atoms with Gasteiger partial charge in [0.1, 0.15) is 17.8 Å². The van der Waals surface area contributed by atoms with Crippen LogP contribution in [0.4, 0.5) is 23.0 Å². The van der Waals surface area contributed by atoms with E-state index in [1.54, 1.807) is 25.3 Å². The highest BCUT2D eigenvalue weighted by atomic mass is 16.6. The second-order valence-electron chi connectivity index (χ2n) is 6.70. The van der Waals surface area contributed by atoms with Crippen LogP contribution in [-0.2, 0) is 0 Å². The topological polar surface area (TPSA) is 111 Å². The third-order valence-electron chi connectivity index (χ3n) is 4.86. The number of rotatable bonds is 7. The van der Waals surface area contributed by atoms with E-state index in [1.807, 2.05) is 0 Å². The van der Waals surface area contributed by atoms with Crippen molar-refractivity contribution in [3.63, 3.8) is 0 Å². The molecule has 1 aliphatic carbocycles. The molecule has 1 fully saturated rings. The Morgan fingerprint density at radius 1 is 1.07 bits per heavy atom. The van der Waals surface area contributed by atoms with Crippen molar-refractivity contribution in [2.75, 3.05) is 24.9 Å². The number of methoxy groups -OCH3 is 2. The molecule has 2 aromatic rings. The highest BCUT2D eigenvalue weighted by Crippen LogP contribution is 2.36. The predicted molar refractivity (Wildman–Crippen MR) is 107 cm³/mol. The maximum absolute atomic E-state index is 11.8. The molecular weight excluding hydrogens is 362 g/mol. The van der Waals surface area contributed by atoms with E-state index in [9.17, 15) is 10.1 Å². The molecule has 1 aromatic heterocycles. The molecule has 0 aliphatic heterocycles. The van der Waals surface area contributed by atoms with E-state index >= 15 is 0 Å². The summed E-state index contributed by atoms with van der Waals surface area (Å²) in [4.78, 5) is 19.6. The normalized spacial score (nSPS) is 14.8. The summed E-state index contributed by atoms with van der Waals surface area (Å²) >= 11 is 0. The first-order valence-corrected chi connectivity index (χ1v) is 9.37. The van der Waals surface area contributed by atoms with Crippen LogP contribution in [-0.4, -0.2) is 35.2 Å². The summed E-state index contributed by atoms with van der Waals surface area (Å²) in [6.07, 6.45) is 7.91. The summed E-state index contributed by atoms with van der Waals surface area (Å²) in [5.41, 5.74) is 0.334. The maximum atomic E-state index is 11.8. The second-order valence-corrected chi connectivity index (χ2v) is 6.70. The van der Waals surface area contributed by atoms with Gasteiger partial charge in [-0.25, -0.2) is 9.97 Å². The van der Waals surface area contributed by atoms with Gasteiger partial charge in [0.05, 0.1) is 24.8 Å². The Morgan fingerprint density at radius 3 is 2.43 bits per heavy atom. The van der Waals surface area contributed by atoms with Crippen molar-refractivity contribution in [1.82, 2.24) is 9.97 Å². The zero-order chi connectivity index (χ0) is 19.9. The van der Waals surface area contributed by atoms with Crippen LogP contribution in [0.25, 0.3) is 0 Å². The predicted octanol–water partition coefficient (Wildman–Crippen LogP) is 4.28. The van der Waals surface area contributed by atoms with Gasteiger partial charge < -0.3 is 20.1 Å². The first kappa shape index (κ1) is 19.7. The molecule has 0 amide bonds. The van der Waals surface area contributed by atoms with Crippen LogP contribution in [0.5, 0.6) is 11.5 Å². The highest BCUT2D eigenvalue weighted by molar-refractivity contribution is 5.76. The third kappa shape index (κ3) is 4.59. The first-order valence-electron chi connectivity index (χ1n) is 9.37. The van der Waals surface area contributed by atoms with Gasteiger partial charge in [0.2, 0.25) is 11.6 Å². The second kappa shape index (κ2) is 9.20. The fourth-order valence-corrected chi connectivity index (χ4v) is 3.41. The lowest BCUT2D eigenvalue weighted by atomic mass is 10.1. The minimum atomic E-state index is -0.464. The van der Waals surface area contributed by atoms with Gasteiger partial charge in [-0.05, 0) is 25.0 Å². The average molecular weight is 387 g/mol. The van der Waals surface area contributed by atoms with Crippen molar-refractivity contribution in [3.8, 4) is 11.5 Å². The number of hydrogen-bond acceptors (Lipinski definition) is 8. The van der Waals surface area contributed by atoms with Crippen molar-refractivity contribution in [2.45, 2.75) is 44.6 Å². The molecule has 1 aromatic carbocycles. The summed E-state index contributed by atoms with van der Waals surface area (Å²) in [6.45, 7) is 0. The summed E-state index contributed by atoms with van der Waals surface area (Å²) < 4.78 is 10.6. The SMILES string of the molecule is COc1ccc(OC)c(Nc2ncnc(NC3CCCCCC3)c2[N+](=O)[O-])c1. The Balaban J connectivity index is 1.92. The average Bonchev–Trinajstić information content (AvgIpc) is 2.96. The zero-order valence-electron chi connectivity index (χ0n) is 16.1. The molecule has 0 radical (unpaired) electrons. The first-order chi connectivity index (χ1) is 13.6. The lowest BCUT2D eigenvalue weighted by Crippen LogP contribution is -2.20. The molecule has 0 atom stereocenters. The Kier molecular flexibility index (Phi) is 6.46. The van der Waals surface area contributed by atoms with Crippen molar-refractivity contribution in [2.24, 2.45) is 0 Å². The van der Waals surface area contributed by atoms with Crippen molar-refractivity contribution in [3.05, 3.63) is 34.6 Å². The molecule has 150 valence electrons. The molecule has 9 heteroatoms. The van der Waals surface area contributed by atoms with Gasteiger partial charge >= 0.3 is 5.69 Å². The van der Waals surface area contributed by atoms with E-state index in [0.29, 0.717) is 17.2 Å². The van der Waals surface area contributed by atoms with Gasteiger partial charge in [-0.2, -0.15) is 0 Å². The van der Waals surface area contributed by atoms with Crippen LogP contribution in [0.1, 0.15) is 38.5 Å². The third-order valence-corrected chi connectivity index (χ3v) is 4.86. The fraction of sp³-hybridized carbons (Fsp3) is 0.474.